The predicted molar refractivity (Wildman–Crippen MR) is 279 cm³/mol. The molecule has 1 aliphatic rings. The molecule has 1 saturated carbocycles. The maximum absolute atomic E-state index is 5.33. The Balaban J connectivity index is 0.995. The largest absolute Gasteiger partial charge is 0.497 e. The molecule has 0 radical (unpaired) electrons. The Hall–Kier alpha value is -7.56. The van der Waals surface area contributed by atoms with E-state index in [0.717, 1.165) is 80.7 Å². The minimum atomic E-state index is -0.0611. The molecule has 0 N–H and O–H groups in total. The Kier molecular flexibility index (Phi) is 13.3. The Labute approximate surface area is 391 Å². The molecule has 4 nitrogen and oxygen atoms in total. The molecule has 0 unspecified atom stereocenters. The minimum Gasteiger partial charge on any atom is -0.497 e. The molecule has 1 aliphatic carbocycles. The molecule has 0 heterocycles. The van der Waals surface area contributed by atoms with Crippen molar-refractivity contribution in [3.8, 4) is 11.5 Å². The van der Waals surface area contributed by atoms with E-state index in [1.807, 2.05) is 24.3 Å². The molecule has 8 aromatic carbocycles. The highest BCUT2D eigenvalue weighted by atomic mass is 16.5. The zero-order valence-electron chi connectivity index (χ0n) is 38.5. The van der Waals surface area contributed by atoms with Crippen LogP contribution in [-0.2, 0) is 5.41 Å². The Bertz CT molecular complexity index is 2660. The van der Waals surface area contributed by atoms with E-state index >= 15 is 0 Å². The van der Waals surface area contributed by atoms with Gasteiger partial charge in [0.1, 0.15) is 11.5 Å². The molecule has 0 aliphatic heterocycles. The third-order valence-corrected chi connectivity index (χ3v) is 13.1. The third kappa shape index (κ3) is 9.89. The van der Waals surface area contributed by atoms with Crippen molar-refractivity contribution in [1.82, 2.24) is 0 Å². The van der Waals surface area contributed by atoms with E-state index in [2.05, 4.69) is 218 Å². The second-order valence-corrected chi connectivity index (χ2v) is 17.5. The highest BCUT2D eigenvalue weighted by Crippen LogP contribution is 2.47. The fourth-order valence-electron chi connectivity index (χ4n) is 9.32. The summed E-state index contributed by atoms with van der Waals surface area (Å²) >= 11 is 0. The lowest BCUT2D eigenvalue weighted by Gasteiger charge is -2.39. The number of ether oxygens (including phenoxy) is 2. The van der Waals surface area contributed by atoms with Crippen LogP contribution >= 0.6 is 0 Å². The molecular formula is C62H58N2O2. The fourth-order valence-corrected chi connectivity index (χ4v) is 9.32. The molecule has 1 fully saturated rings. The van der Waals surface area contributed by atoms with Gasteiger partial charge in [-0.15, -0.1) is 0 Å². The van der Waals surface area contributed by atoms with Crippen molar-refractivity contribution >= 4 is 58.4 Å². The van der Waals surface area contributed by atoms with Gasteiger partial charge in [0.25, 0.3) is 0 Å². The van der Waals surface area contributed by atoms with E-state index in [1.54, 1.807) is 14.2 Å². The number of hydrogen-bond acceptors (Lipinski definition) is 4. The summed E-state index contributed by atoms with van der Waals surface area (Å²) in [6, 6.07) is 70.5. The second kappa shape index (κ2) is 20.1. The average Bonchev–Trinajstić information content (AvgIpc) is 3.38. The maximum atomic E-state index is 5.33. The van der Waals surface area contributed by atoms with Gasteiger partial charge in [0, 0.05) is 39.5 Å². The topological polar surface area (TPSA) is 24.9 Å². The first-order valence-electron chi connectivity index (χ1n) is 23.2. The third-order valence-electron chi connectivity index (χ3n) is 13.1. The zero-order chi connectivity index (χ0) is 45.3. The summed E-state index contributed by atoms with van der Waals surface area (Å²) in [6.45, 7) is 4.29. The van der Waals surface area contributed by atoms with Crippen LogP contribution < -0.4 is 19.3 Å². The van der Waals surface area contributed by atoms with Gasteiger partial charge in [-0.25, -0.2) is 0 Å². The Morgan fingerprint density at radius 3 is 0.879 bits per heavy atom. The maximum Gasteiger partial charge on any atom is 0.118 e. The fraction of sp³-hybridized carbons (Fsp3) is 0.161. The highest BCUT2D eigenvalue weighted by molar-refractivity contribution is 5.80. The number of methoxy groups -OCH3 is 2. The quantitative estimate of drug-likeness (QED) is 0.102. The van der Waals surface area contributed by atoms with Crippen LogP contribution in [0.15, 0.2) is 194 Å². The molecule has 328 valence electrons. The SMILES string of the molecule is COc1ccc(C=Cc2ccc(N(c3ccc(C)cc3)c3ccc(C4(c5ccc(N(c6ccc(C)cc6)c6ccc(C=Cc7ccc(OC)cc7)cc6)cc5)CCCCC4)cc3)cc2)cc1. The lowest BCUT2D eigenvalue weighted by molar-refractivity contribution is 0.346. The number of benzene rings is 8. The number of nitrogens with zero attached hydrogens (tertiary/aromatic N) is 2. The van der Waals surface area contributed by atoms with Crippen LogP contribution in [-0.4, -0.2) is 14.2 Å². The average molecular weight is 863 g/mol. The van der Waals surface area contributed by atoms with E-state index in [-0.39, 0.29) is 5.41 Å². The summed E-state index contributed by atoms with van der Waals surface area (Å²) in [7, 11) is 3.39. The lowest BCUT2D eigenvalue weighted by atomic mass is 9.65. The van der Waals surface area contributed by atoms with E-state index in [0.29, 0.717) is 0 Å². The molecule has 9 rings (SSSR count). The van der Waals surface area contributed by atoms with Gasteiger partial charge >= 0.3 is 0 Å². The predicted octanol–water partition coefficient (Wildman–Crippen LogP) is 16.9. The van der Waals surface area contributed by atoms with Crippen molar-refractivity contribution in [1.29, 1.82) is 0 Å². The summed E-state index contributed by atoms with van der Waals surface area (Å²) in [5.74, 6) is 1.72. The zero-order valence-corrected chi connectivity index (χ0v) is 38.5. The van der Waals surface area contributed by atoms with Crippen LogP contribution in [0, 0.1) is 13.8 Å². The van der Waals surface area contributed by atoms with Gasteiger partial charge in [0.15, 0.2) is 0 Å². The lowest BCUT2D eigenvalue weighted by Crippen LogP contribution is -2.30. The number of hydrogen-bond donors (Lipinski definition) is 0. The first kappa shape index (κ1) is 43.7. The standard InChI is InChI=1S/C62H58N2O2/c1-46-8-28-54(29-9-46)63(56-32-16-48(17-33-56)12-14-50-20-40-60(65-3)41-21-50)58-36-24-52(25-37-58)62(44-6-5-7-45-62)53-26-38-59(39-27-53)64(55-30-10-47(2)11-31-55)57-34-18-49(19-35-57)13-15-51-22-42-61(66-4)43-23-51/h8-43H,5-7,44-45H2,1-4H3. The van der Waals surface area contributed by atoms with E-state index in [4.69, 9.17) is 9.47 Å². The Morgan fingerprint density at radius 1 is 0.333 bits per heavy atom. The highest BCUT2D eigenvalue weighted by Gasteiger charge is 2.36. The van der Waals surface area contributed by atoms with Gasteiger partial charge in [0.2, 0.25) is 0 Å². The number of anilines is 6. The van der Waals surface area contributed by atoms with Crippen molar-refractivity contribution in [2.45, 2.75) is 51.4 Å². The van der Waals surface area contributed by atoms with Crippen molar-refractivity contribution in [3.05, 3.63) is 239 Å². The number of rotatable bonds is 14. The van der Waals surface area contributed by atoms with Gasteiger partial charge in [-0.3, -0.25) is 0 Å². The monoisotopic (exact) mass is 862 g/mol. The molecule has 8 aromatic rings. The molecule has 66 heavy (non-hydrogen) atoms. The van der Waals surface area contributed by atoms with Gasteiger partial charge in [-0.2, -0.15) is 0 Å². The summed E-state index contributed by atoms with van der Waals surface area (Å²) in [4.78, 5) is 4.73. The molecule has 0 saturated heterocycles. The normalized spacial score (nSPS) is 13.5. The number of aryl methyl sites for hydroxylation is 2. The first-order valence-corrected chi connectivity index (χ1v) is 23.2. The summed E-state index contributed by atoms with van der Waals surface area (Å²) in [6.07, 6.45) is 14.6. The molecule has 0 atom stereocenters. The second-order valence-electron chi connectivity index (χ2n) is 17.5. The molecule has 0 amide bonds. The molecular weight excluding hydrogens is 805 g/mol. The van der Waals surface area contributed by atoms with E-state index < -0.39 is 0 Å². The van der Waals surface area contributed by atoms with Crippen LogP contribution in [0.2, 0.25) is 0 Å². The van der Waals surface area contributed by atoms with Gasteiger partial charge in [-0.1, -0.05) is 152 Å². The molecule has 4 heteroatoms. The van der Waals surface area contributed by atoms with Gasteiger partial charge in [0.05, 0.1) is 14.2 Å². The first-order chi connectivity index (χ1) is 32.4. The Morgan fingerprint density at radius 2 is 0.591 bits per heavy atom. The van der Waals surface area contributed by atoms with Crippen LogP contribution in [0.4, 0.5) is 34.1 Å². The minimum absolute atomic E-state index is 0.0611. The van der Waals surface area contributed by atoms with Crippen molar-refractivity contribution < 1.29 is 9.47 Å². The van der Waals surface area contributed by atoms with Crippen LogP contribution in [0.1, 0.15) is 76.6 Å². The van der Waals surface area contributed by atoms with Crippen molar-refractivity contribution in [2.24, 2.45) is 0 Å². The van der Waals surface area contributed by atoms with Crippen molar-refractivity contribution in [2.75, 3.05) is 24.0 Å². The summed E-state index contributed by atoms with van der Waals surface area (Å²) < 4.78 is 10.7. The van der Waals surface area contributed by atoms with Crippen LogP contribution in [0.3, 0.4) is 0 Å². The molecule has 0 aromatic heterocycles. The van der Waals surface area contributed by atoms with E-state index in [9.17, 15) is 0 Å². The summed E-state index contributed by atoms with van der Waals surface area (Å²) in [5.41, 5.74) is 16.5. The summed E-state index contributed by atoms with van der Waals surface area (Å²) in [5, 5.41) is 0. The van der Waals surface area contributed by atoms with Gasteiger partial charge in [-0.05, 0) is 157 Å². The molecule has 0 spiro atoms. The van der Waals surface area contributed by atoms with Crippen LogP contribution in [0.5, 0.6) is 11.5 Å². The van der Waals surface area contributed by atoms with Crippen LogP contribution in [0.25, 0.3) is 24.3 Å². The van der Waals surface area contributed by atoms with Crippen molar-refractivity contribution in [3.63, 3.8) is 0 Å². The molecule has 0 bridgehead atoms. The van der Waals surface area contributed by atoms with E-state index in [1.165, 1.54) is 41.5 Å². The smallest absolute Gasteiger partial charge is 0.118 e. The van der Waals surface area contributed by atoms with Gasteiger partial charge < -0.3 is 19.3 Å².